The van der Waals surface area contributed by atoms with Gasteiger partial charge in [-0.3, -0.25) is 0 Å². The third-order valence-electron chi connectivity index (χ3n) is 13.5. The minimum atomic E-state index is 0.411. The minimum Gasteiger partial charge on any atom is -0.397 e. The summed E-state index contributed by atoms with van der Waals surface area (Å²) in [5.74, 6) is 5.53. The lowest BCUT2D eigenvalue weighted by Gasteiger charge is -2.63. The van der Waals surface area contributed by atoms with Gasteiger partial charge in [0, 0.05) is 12.1 Å². The van der Waals surface area contributed by atoms with E-state index in [0.717, 1.165) is 58.3 Å². The predicted molar refractivity (Wildman–Crippen MR) is 185 cm³/mol. The van der Waals surface area contributed by atoms with E-state index in [1.807, 2.05) is 12.1 Å². The molecule has 0 amide bonds. The molecule has 0 aliphatic heterocycles. The molecule has 4 aliphatic rings. The van der Waals surface area contributed by atoms with Gasteiger partial charge in [-0.05, 0) is 128 Å². The molecule has 0 spiro atoms. The fraction of sp³-hybridized carbons (Fsp3) is 0.692. The number of fused-ring (bicyclic) bond motifs is 5. The van der Waals surface area contributed by atoms with E-state index in [0.29, 0.717) is 28.8 Å². The second-order valence-electron chi connectivity index (χ2n) is 16.3. The van der Waals surface area contributed by atoms with E-state index in [-0.39, 0.29) is 0 Å². The first kappa shape index (κ1) is 30.7. The Labute approximate surface area is 262 Å². The Balaban J connectivity index is 1.26. The molecule has 0 heterocycles. The van der Waals surface area contributed by atoms with Crippen molar-refractivity contribution in [3.05, 3.63) is 48.5 Å². The number of benzene rings is 2. The van der Waals surface area contributed by atoms with E-state index in [1.165, 1.54) is 70.6 Å². The van der Waals surface area contributed by atoms with Gasteiger partial charge >= 0.3 is 0 Å². The number of hydrogen-bond acceptors (Lipinski definition) is 4. The van der Waals surface area contributed by atoms with Gasteiger partial charge in [-0.15, -0.1) is 0 Å². The van der Waals surface area contributed by atoms with E-state index >= 15 is 0 Å². The molecule has 0 unspecified atom stereocenters. The van der Waals surface area contributed by atoms with Crippen molar-refractivity contribution in [1.29, 1.82) is 0 Å². The van der Waals surface area contributed by atoms with Crippen molar-refractivity contribution in [2.75, 3.05) is 22.1 Å². The van der Waals surface area contributed by atoms with Gasteiger partial charge in [-0.2, -0.15) is 0 Å². The van der Waals surface area contributed by atoms with Crippen LogP contribution in [0.15, 0.2) is 48.5 Å². The van der Waals surface area contributed by atoms with Gasteiger partial charge in [-0.25, -0.2) is 0 Å². The summed E-state index contributed by atoms with van der Waals surface area (Å²) in [7, 11) is 0. The summed E-state index contributed by atoms with van der Waals surface area (Å²) < 4.78 is 0. The van der Waals surface area contributed by atoms with Crippen LogP contribution in [0.25, 0.3) is 0 Å². The summed E-state index contributed by atoms with van der Waals surface area (Å²) in [5, 5.41) is 7.99. The molecule has 0 saturated heterocycles. The van der Waals surface area contributed by atoms with Crippen molar-refractivity contribution in [3.63, 3.8) is 0 Å². The lowest BCUT2D eigenvalue weighted by atomic mass is 9.43. The van der Waals surface area contributed by atoms with Crippen LogP contribution in [-0.2, 0) is 0 Å². The first-order valence-corrected chi connectivity index (χ1v) is 17.8. The number of nitrogens with one attached hydrogen (secondary N) is 2. The molecule has 6 N–H and O–H groups in total. The molecule has 236 valence electrons. The highest BCUT2D eigenvalue weighted by atomic mass is 15.0. The molecule has 2 aromatic carbocycles. The molecule has 2 aromatic rings. The van der Waals surface area contributed by atoms with Gasteiger partial charge in [0.05, 0.1) is 22.7 Å². The summed E-state index contributed by atoms with van der Waals surface area (Å²) >= 11 is 0. The number of nitrogens with two attached hydrogens (primary N) is 2. The van der Waals surface area contributed by atoms with Gasteiger partial charge in [-0.1, -0.05) is 78.1 Å². The highest BCUT2D eigenvalue weighted by Gasteiger charge is 2.63. The van der Waals surface area contributed by atoms with Crippen LogP contribution in [0.3, 0.4) is 0 Å². The Kier molecular flexibility index (Phi) is 8.70. The molecule has 4 nitrogen and oxygen atoms in total. The molecule has 4 saturated carbocycles. The average molecular weight is 585 g/mol. The maximum Gasteiger partial charge on any atom is 0.0576 e. The lowest BCUT2D eigenvalue weighted by molar-refractivity contribution is -0.120. The van der Waals surface area contributed by atoms with Crippen LogP contribution in [0.1, 0.15) is 105 Å². The molecule has 6 rings (SSSR count). The zero-order chi connectivity index (χ0) is 30.4. The molecule has 4 heteroatoms. The summed E-state index contributed by atoms with van der Waals surface area (Å²) in [6.45, 7) is 12.8. The first-order chi connectivity index (χ1) is 20.6. The van der Waals surface area contributed by atoms with Crippen LogP contribution in [0.4, 0.5) is 22.7 Å². The number of hydrogen-bond donors (Lipinski definition) is 4. The van der Waals surface area contributed by atoms with Gasteiger partial charge in [0.1, 0.15) is 0 Å². The van der Waals surface area contributed by atoms with Crippen LogP contribution in [0.5, 0.6) is 0 Å². The van der Waals surface area contributed by atoms with Crippen molar-refractivity contribution in [2.45, 2.75) is 117 Å². The average Bonchev–Trinajstić information content (AvgIpc) is 3.33. The number of anilines is 4. The van der Waals surface area contributed by atoms with Crippen LogP contribution in [0.2, 0.25) is 0 Å². The van der Waals surface area contributed by atoms with Crippen LogP contribution in [0, 0.1) is 52.3 Å². The van der Waals surface area contributed by atoms with Crippen LogP contribution >= 0.6 is 0 Å². The topological polar surface area (TPSA) is 76.1 Å². The molecule has 0 bridgehead atoms. The van der Waals surface area contributed by atoms with Gasteiger partial charge < -0.3 is 22.1 Å². The summed E-state index contributed by atoms with van der Waals surface area (Å²) in [6.07, 6.45) is 14.9. The summed E-state index contributed by atoms with van der Waals surface area (Å²) in [6, 6.07) is 17.7. The van der Waals surface area contributed by atoms with E-state index < -0.39 is 0 Å². The minimum absolute atomic E-state index is 0.411. The zero-order valence-electron chi connectivity index (χ0n) is 27.7. The van der Waals surface area contributed by atoms with Gasteiger partial charge in [0.2, 0.25) is 0 Å². The standard InChI is InChI=1S/C39H60N4/c1-25(2)11-10-12-26(3)29-17-18-30-37-31(20-22-39(29,30)5)38(4)21-19-28(42-34-15-8-6-13-32(34)40)23-27(38)24-36(37)43-35-16-9-7-14-33(35)41/h6-9,13-16,25-31,36-37,42-43H,10-12,17-24,40-41H2,1-5H3/t26-,27-,28-,29-,30+,31+,36-,37+,38+,39-/m1/s1. The Hall–Kier alpha value is -2.36. The van der Waals surface area contributed by atoms with Crippen molar-refractivity contribution in [1.82, 2.24) is 0 Å². The third-order valence-corrected chi connectivity index (χ3v) is 13.5. The lowest BCUT2D eigenvalue weighted by Crippen LogP contribution is -2.60. The molecule has 0 radical (unpaired) electrons. The third kappa shape index (κ3) is 5.77. The fourth-order valence-corrected chi connectivity index (χ4v) is 11.2. The number of nitrogen functional groups attached to an aromatic ring is 2. The molecule has 10 atom stereocenters. The number of rotatable bonds is 9. The van der Waals surface area contributed by atoms with E-state index in [2.05, 4.69) is 81.7 Å². The second kappa shape index (κ2) is 12.2. The largest absolute Gasteiger partial charge is 0.397 e. The Morgan fingerprint density at radius 1 is 0.744 bits per heavy atom. The van der Waals surface area contributed by atoms with E-state index in [4.69, 9.17) is 11.5 Å². The summed E-state index contributed by atoms with van der Waals surface area (Å²) in [5.41, 5.74) is 17.8. The molecule has 43 heavy (non-hydrogen) atoms. The monoisotopic (exact) mass is 584 g/mol. The summed E-state index contributed by atoms with van der Waals surface area (Å²) in [4.78, 5) is 0. The van der Waals surface area contributed by atoms with Gasteiger partial charge in [0.15, 0.2) is 0 Å². The van der Waals surface area contributed by atoms with Gasteiger partial charge in [0.25, 0.3) is 0 Å². The van der Waals surface area contributed by atoms with E-state index in [1.54, 1.807) is 0 Å². The second-order valence-corrected chi connectivity index (χ2v) is 16.3. The quantitative estimate of drug-likeness (QED) is 0.221. The maximum atomic E-state index is 6.56. The maximum absolute atomic E-state index is 6.56. The van der Waals surface area contributed by atoms with Crippen molar-refractivity contribution in [2.24, 2.45) is 52.3 Å². The molecule has 4 aliphatic carbocycles. The fourth-order valence-electron chi connectivity index (χ4n) is 11.2. The normalized spacial score (nSPS) is 37.7. The molecular formula is C39H60N4. The highest BCUT2D eigenvalue weighted by molar-refractivity contribution is 5.67. The number of para-hydroxylation sites is 4. The predicted octanol–water partition coefficient (Wildman–Crippen LogP) is 9.84. The Morgan fingerprint density at radius 3 is 2.05 bits per heavy atom. The van der Waals surface area contributed by atoms with Crippen LogP contribution in [-0.4, -0.2) is 12.1 Å². The van der Waals surface area contributed by atoms with E-state index in [9.17, 15) is 0 Å². The highest BCUT2D eigenvalue weighted by Crippen LogP contribution is 2.68. The van der Waals surface area contributed by atoms with Crippen molar-refractivity contribution in [3.8, 4) is 0 Å². The van der Waals surface area contributed by atoms with Crippen molar-refractivity contribution >= 4 is 22.7 Å². The first-order valence-electron chi connectivity index (χ1n) is 17.8. The molecule has 0 aromatic heterocycles. The van der Waals surface area contributed by atoms with Crippen molar-refractivity contribution < 1.29 is 0 Å². The van der Waals surface area contributed by atoms with Crippen LogP contribution < -0.4 is 22.1 Å². The molecule has 4 fully saturated rings. The smallest absolute Gasteiger partial charge is 0.0576 e. The molecular weight excluding hydrogens is 524 g/mol. The SMILES string of the molecule is CC(C)CCC[C@@H](C)[C@H]1CC[C@H]2[C@@H]3[C@H](Nc4ccccc4N)C[C@H]4C[C@H](Nc5ccccc5N)CC[C@]4(C)[C@H]3CC[C@]12C. The Morgan fingerprint density at radius 2 is 1.37 bits per heavy atom. The zero-order valence-corrected chi connectivity index (χ0v) is 27.7. The Bertz CT molecular complexity index is 1240.